The molecule has 4 aromatic rings. The van der Waals surface area contributed by atoms with Gasteiger partial charge in [-0.05, 0) is 36.6 Å². The van der Waals surface area contributed by atoms with Crippen LogP contribution in [0.5, 0.6) is 0 Å². The fourth-order valence-corrected chi connectivity index (χ4v) is 3.36. The SMILES string of the molecule is CCc1nn2c(nnc3c(=O)n(CCCC(=O)O)ccc32)c1-c1ccc(F)cc1. The van der Waals surface area contributed by atoms with Gasteiger partial charge in [0.2, 0.25) is 0 Å². The summed E-state index contributed by atoms with van der Waals surface area (Å²) in [5.74, 6) is -1.24. The molecular formula is C20H18FN5O3. The van der Waals surface area contributed by atoms with E-state index < -0.39 is 5.97 Å². The lowest BCUT2D eigenvalue weighted by Crippen LogP contribution is -2.22. The monoisotopic (exact) mass is 395 g/mol. The van der Waals surface area contributed by atoms with E-state index in [-0.39, 0.29) is 29.9 Å². The van der Waals surface area contributed by atoms with Crippen LogP contribution < -0.4 is 5.56 Å². The molecule has 0 saturated heterocycles. The molecule has 1 aromatic carbocycles. The fourth-order valence-electron chi connectivity index (χ4n) is 3.36. The number of fused-ring (bicyclic) bond motifs is 3. The molecule has 8 nitrogen and oxygen atoms in total. The molecule has 0 radical (unpaired) electrons. The first-order valence-corrected chi connectivity index (χ1v) is 9.24. The molecule has 0 fully saturated rings. The van der Waals surface area contributed by atoms with Gasteiger partial charge in [0.15, 0.2) is 11.2 Å². The van der Waals surface area contributed by atoms with Crippen molar-refractivity contribution in [1.29, 1.82) is 0 Å². The number of pyridine rings is 1. The second-order valence-corrected chi connectivity index (χ2v) is 6.66. The highest BCUT2D eigenvalue weighted by Crippen LogP contribution is 2.29. The number of aryl methyl sites for hydroxylation is 2. The van der Waals surface area contributed by atoms with Crippen molar-refractivity contribution in [2.45, 2.75) is 32.7 Å². The number of rotatable bonds is 6. The van der Waals surface area contributed by atoms with Crippen LogP contribution in [0.4, 0.5) is 4.39 Å². The summed E-state index contributed by atoms with van der Waals surface area (Å²) in [7, 11) is 0. The summed E-state index contributed by atoms with van der Waals surface area (Å²) in [5, 5.41) is 21.7. The first-order chi connectivity index (χ1) is 14.0. The van der Waals surface area contributed by atoms with Gasteiger partial charge in [-0.3, -0.25) is 9.59 Å². The minimum absolute atomic E-state index is 0.0186. The summed E-state index contributed by atoms with van der Waals surface area (Å²) < 4.78 is 16.3. The highest BCUT2D eigenvalue weighted by molar-refractivity contribution is 5.84. The van der Waals surface area contributed by atoms with Crippen molar-refractivity contribution in [2.75, 3.05) is 0 Å². The highest BCUT2D eigenvalue weighted by atomic mass is 19.1. The smallest absolute Gasteiger partial charge is 0.303 e. The van der Waals surface area contributed by atoms with E-state index in [9.17, 15) is 14.0 Å². The molecule has 0 spiro atoms. The maximum atomic E-state index is 13.3. The minimum Gasteiger partial charge on any atom is -0.481 e. The number of nitrogens with zero attached hydrogens (tertiary/aromatic N) is 5. The number of carboxylic acid groups (broad SMARTS) is 1. The van der Waals surface area contributed by atoms with Crippen LogP contribution in [0.15, 0.2) is 41.3 Å². The molecule has 0 aliphatic carbocycles. The highest BCUT2D eigenvalue weighted by Gasteiger charge is 2.18. The van der Waals surface area contributed by atoms with Gasteiger partial charge in [0.25, 0.3) is 5.56 Å². The Morgan fingerprint density at radius 2 is 1.93 bits per heavy atom. The standard InChI is InChI=1S/C20H18FN5O3/c1-2-14-17(12-5-7-13(21)8-6-12)19-23-22-18-15(26(19)24-14)9-11-25(20(18)29)10-3-4-16(27)28/h5-9,11H,2-4,10H2,1H3,(H,27,28). The largest absolute Gasteiger partial charge is 0.481 e. The maximum absolute atomic E-state index is 13.3. The van der Waals surface area contributed by atoms with Crippen molar-refractivity contribution in [3.05, 3.63) is 58.4 Å². The van der Waals surface area contributed by atoms with Crippen molar-refractivity contribution >= 4 is 22.6 Å². The summed E-state index contributed by atoms with van der Waals surface area (Å²) >= 11 is 0. The van der Waals surface area contributed by atoms with Gasteiger partial charge in [-0.1, -0.05) is 19.1 Å². The first-order valence-electron chi connectivity index (χ1n) is 9.24. The number of halogens is 1. The molecule has 3 heterocycles. The van der Waals surface area contributed by atoms with Crippen LogP contribution in [0.25, 0.3) is 27.8 Å². The Balaban J connectivity index is 1.86. The summed E-state index contributed by atoms with van der Waals surface area (Å²) in [6.07, 6.45) is 2.56. The molecule has 0 amide bonds. The van der Waals surface area contributed by atoms with Crippen molar-refractivity contribution in [2.24, 2.45) is 0 Å². The van der Waals surface area contributed by atoms with E-state index in [1.54, 1.807) is 28.9 Å². The Hall–Kier alpha value is -3.62. The molecule has 0 aliphatic rings. The summed E-state index contributed by atoms with van der Waals surface area (Å²) in [5.41, 5.74) is 3.11. The third-order valence-corrected chi connectivity index (χ3v) is 4.78. The quantitative estimate of drug-likeness (QED) is 0.538. The zero-order valence-electron chi connectivity index (χ0n) is 15.7. The van der Waals surface area contributed by atoms with E-state index in [4.69, 9.17) is 5.11 Å². The van der Waals surface area contributed by atoms with Gasteiger partial charge in [0, 0.05) is 19.2 Å². The minimum atomic E-state index is -0.905. The summed E-state index contributed by atoms with van der Waals surface area (Å²) in [6.45, 7) is 2.24. The normalized spacial score (nSPS) is 11.4. The Bertz CT molecular complexity index is 1280. The van der Waals surface area contributed by atoms with E-state index in [1.807, 2.05) is 6.92 Å². The fraction of sp³-hybridized carbons (Fsp3) is 0.250. The zero-order chi connectivity index (χ0) is 20.5. The van der Waals surface area contributed by atoms with Crippen molar-refractivity contribution < 1.29 is 14.3 Å². The van der Waals surface area contributed by atoms with Crippen molar-refractivity contribution in [1.82, 2.24) is 24.4 Å². The molecule has 3 aromatic heterocycles. The van der Waals surface area contributed by atoms with Gasteiger partial charge in [-0.2, -0.15) is 5.10 Å². The molecular weight excluding hydrogens is 377 g/mol. The number of carboxylic acids is 1. The predicted octanol–water partition coefficient (Wildman–Crippen LogP) is 2.67. The average Bonchev–Trinajstić information content (AvgIpc) is 3.09. The molecule has 0 aliphatic heterocycles. The van der Waals surface area contributed by atoms with Crippen LogP contribution >= 0.6 is 0 Å². The van der Waals surface area contributed by atoms with Gasteiger partial charge < -0.3 is 9.67 Å². The molecule has 9 heteroatoms. The Labute approximate surface area is 164 Å². The van der Waals surface area contributed by atoms with Crippen LogP contribution in [0.1, 0.15) is 25.5 Å². The van der Waals surface area contributed by atoms with Crippen LogP contribution in [0.2, 0.25) is 0 Å². The Kier molecular flexibility index (Phi) is 4.79. The first kappa shape index (κ1) is 18.7. The number of benzene rings is 1. The van der Waals surface area contributed by atoms with Gasteiger partial charge in [-0.15, -0.1) is 10.2 Å². The molecule has 0 unspecified atom stereocenters. The third-order valence-electron chi connectivity index (χ3n) is 4.78. The third kappa shape index (κ3) is 3.35. The van der Waals surface area contributed by atoms with E-state index in [2.05, 4.69) is 15.3 Å². The van der Waals surface area contributed by atoms with E-state index in [1.165, 1.54) is 16.7 Å². The van der Waals surface area contributed by atoms with Crippen LogP contribution in [0, 0.1) is 5.82 Å². The van der Waals surface area contributed by atoms with E-state index >= 15 is 0 Å². The lowest BCUT2D eigenvalue weighted by Gasteiger charge is -2.06. The lowest BCUT2D eigenvalue weighted by atomic mass is 10.0. The number of aromatic nitrogens is 5. The van der Waals surface area contributed by atoms with Gasteiger partial charge in [0.1, 0.15) is 11.3 Å². The molecule has 0 saturated carbocycles. The molecule has 1 N–H and O–H groups in total. The summed E-state index contributed by atoms with van der Waals surface area (Å²) in [4.78, 5) is 23.4. The van der Waals surface area contributed by atoms with Gasteiger partial charge >= 0.3 is 5.97 Å². The molecule has 29 heavy (non-hydrogen) atoms. The Morgan fingerprint density at radius 1 is 1.17 bits per heavy atom. The second kappa shape index (κ2) is 7.42. The second-order valence-electron chi connectivity index (χ2n) is 6.66. The van der Waals surface area contributed by atoms with Gasteiger partial charge in [0.05, 0.1) is 11.3 Å². The lowest BCUT2D eigenvalue weighted by molar-refractivity contribution is -0.137. The van der Waals surface area contributed by atoms with Crippen LogP contribution in [-0.2, 0) is 17.8 Å². The van der Waals surface area contributed by atoms with Crippen molar-refractivity contribution in [3.8, 4) is 11.1 Å². The van der Waals surface area contributed by atoms with Gasteiger partial charge in [-0.25, -0.2) is 8.91 Å². The maximum Gasteiger partial charge on any atom is 0.303 e. The zero-order valence-corrected chi connectivity index (χ0v) is 15.7. The number of aliphatic carboxylic acids is 1. The number of carbonyl (C=O) groups is 1. The average molecular weight is 395 g/mol. The Morgan fingerprint density at radius 3 is 2.62 bits per heavy atom. The van der Waals surface area contributed by atoms with E-state index in [0.29, 0.717) is 24.0 Å². The summed E-state index contributed by atoms with van der Waals surface area (Å²) in [6, 6.07) is 7.81. The van der Waals surface area contributed by atoms with E-state index in [0.717, 1.165) is 16.8 Å². The predicted molar refractivity (Wildman–Crippen MR) is 104 cm³/mol. The van der Waals surface area contributed by atoms with Crippen molar-refractivity contribution in [3.63, 3.8) is 0 Å². The molecule has 4 rings (SSSR count). The molecule has 148 valence electrons. The number of hydrogen-bond donors (Lipinski definition) is 1. The molecule has 0 atom stereocenters. The topological polar surface area (TPSA) is 102 Å². The van der Waals surface area contributed by atoms with Crippen LogP contribution in [0.3, 0.4) is 0 Å². The molecule has 0 bridgehead atoms. The van der Waals surface area contributed by atoms with Crippen LogP contribution in [-0.4, -0.2) is 35.5 Å². The number of hydrogen-bond acceptors (Lipinski definition) is 5.